The van der Waals surface area contributed by atoms with Crippen molar-refractivity contribution in [2.45, 2.75) is 21.0 Å². The minimum absolute atomic E-state index is 0. The van der Waals surface area contributed by atoms with E-state index in [2.05, 4.69) is 53.3 Å². The Hall–Kier alpha value is -7.40. The molecule has 0 aliphatic heterocycles. The van der Waals surface area contributed by atoms with Crippen molar-refractivity contribution in [2.75, 3.05) is 31.5 Å². The maximum absolute atomic E-state index is 12.5. The number of carbonyl (C=O) groups is 3. The molecule has 0 bridgehead atoms. The maximum atomic E-state index is 12.5. The Kier molecular flexibility index (Phi) is 26.8. The number of methoxy groups -OCH3 is 2. The van der Waals surface area contributed by atoms with E-state index in [-0.39, 0.29) is 44.6 Å². The Morgan fingerprint density at radius 3 is 0.947 bits per heavy atom. The van der Waals surface area contributed by atoms with Crippen molar-refractivity contribution in [1.29, 1.82) is 0 Å². The van der Waals surface area contributed by atoms with Crippen molar-refractivity contribution >= 4 is 68.1 Å². The number of esters is 2. The molecule has 2 unspecified atom stereocenters. The van der Waals surface area contributed by atoms with Gasteiger partial charge < -0.3 is 21.4 Å². The highest BCUT2D eigenvalue weighted by molar-refractivity contribution is 8.13. The molecule has 0 aliphatic rings. The van der Waals surface area contributed by atoms with Crippen LogP contribution in [-0.2, 0) is 45.5 Å². The lowest BCUT2D eigenvalue weighted by molar-refractivity contribution is -0.138. The van der Waals surface area contributed by atoms with E-state index in [0.29, 0.717) is 10.9 Å². The molecule has 8 aromatic carbocycles. The largest absolute Gasteiger partial charge is 0.468 e. The SMILES string of the molecule is COC(=O)CS(=O)C(c1ccccc1)c1ccccc1.COC(=O)CSC(c1ccccc1)c1ccccc1.N.NC(=O)CS(=O)C(c1ccccc1)c1ccccc1.NC(=[NH2+])SC(c1ccccc1)c1ccccc1.[2H][2H]. The zero-order valence-corrected chi connectivity index (χ0v) is 45.7. The van der Waals surface area contributed by atoms with E-state index in [1.807, 2.05) is 194 Å². The number of rotatable bonds is 18. The number of carbonyl (C=O) groups excluding carboxylic acids is 3. The number of benzene rings is 8. The Bertz CT molecular complexity index is 2830. The lowest BCUT2D eigenvalue weighted by Gasteiger charge is -2.17. The number of ether oxygens (including phenoxy) is 2. The number of thioether (sulfide) groups is 2. The molecule has 9 N–H and O–H groups in total. The van der Waals surface area contributed by atoms with Gasteiger partial charge in [-0.3, -0.25) is 33.9 Å². The molecule has 11 nitrogen and oxygen atoms in total. The molecule has 0 saturated carbocycles. The van der Waals surface area contributed by atoms with Gasteiger partial charge in [0.05, 0.1) is 41.0 Å². The van der Waals surface area contributed by atoms with Crippen LogP contribution in [0.3, 0.4) is 0 Å². The quantitative estimate of drug-likeness (QED) is 0.0360. The van der Waals surface area contributed by atoms with Crippen molar-refractivity contribution in [3.8, 4) is 0 Å². The fourth-order valence-corrected chi connectivity index (χ4v) is 12.3. The molecule has 0 aromatic heterocycles. The number of nitrogens with two attached hydrogens (primary N) is 3. The van der Waals surface area contributed by atoms with Crippen LogP contribution in [0.15, 0.2) is 243 Å². The molecule has 1 amide bonds. The summed E-state index contributed by atoms with van der Waals surface area (Å²) in [6, 6.07) is 79.1. The summed E-state index contributed by atoms with van der Waals surface area (Å²) < 4.78 is 44.2. The molecule has 8 rings (SSSR count). The Labute approximate surface area is 463 Å². The Balaban J connectivity index is 0.000000270. The summed E-state index contributed by atoms with van der Waals surface area (Å²) >= 11 is 3.06. The van der Waals surface area contributed by atoms with E-state index in [1.165, 1.54) is 48.2 Å². The number of hydrogen-bond donors (Lipinski definition) is 4. The van der Waals surface area contributed by atoms with Gasteiger partial charge in [-0.25, -0.2) is 0 Å². The first-order chi connectivity index (χ1) is 37.5. The molecule has 0 spiro atoms. The first-order valence-electron chi connectivity index (χ1n) is 24.7. The number of amidine groups is 1. The highest BCUT2D eigenvalue weighted by atomic mass is 32.2. The van der Waals surface area contributed by atoms with Gasteiger partial charge >= 0.3 is 17.1 Å². The summed E-state index contributed by atoms with van der Waals surface area (Å²) in [5.74, 6) is -1.08. The monoisotopic (exact) mass is 1100 g/mol. The van der Waals surface area contributed by atoms with E-state index in [0.717, 1.165) is 22.3 Å². The van der Waals surface area contributed by atoms with E-state index in [9.17, 15) is 22.8 Å². The average molecular weight is 1100 g/mol. The standard InChI is InChI=1S/C16H16O3S.C16H16O2S.C15H15NO2S.C14H14N2S.H3N.H2/c1-19-15(17)12-20(18)16(13-8-4-2-5-9-13)14-10-6-3-7-11-14;1-18-15(17)12-19-16(13-8-4-2-5-9-13)14-10-6-3-7-11-14;16-14(17)11-19(18)15(12-7-3-1-4-8-12)13-9-5-2-6-10-13;15-14(16)17-13(11-7-3-1-4-8-11)12-9-5-2-6-10-12;;/h2-11,16H,12H2,1H3;2-11,16H,12H2,1H3;1-10,15H,11H2,(H2,16,17);1-10,13H,(H3,15,16);1H3;1H/p+1/i;;;;;1+1D. The van der Waals surface area contributed by atoms with Crippen LogP contribution in [0.1, 0.15) is 68.5 Å². The van der Waals surface area contributed by atoms with Crippen LogP contribution in [0.2, 0.25) is 0 Å². The first kappa shape index (κ1) is 59.5. The molecule has 0 saturated heterocycles. The molecule has 2 atom stereocenters. The van der Waals surface area contributed by atoms with Crippen LogP contribution in [0.25, 0.3) is 0 Å². The summed E-state index contributed by atoms with van der Waals surface area (Å²) in [7, 11) is -0.00398. The molecule has 0 heterocycles. The van der Waals surface area contributed by atoms with Crippen molar-refractivity contribution < 1.29 is 40.7 Å². The second-order valence-electron chi connectivity index (χ2n) is 16.3. The summed E-state index contributed by atoms with van der Waals surface area (Å²) in [6.45, 7) is 0. The Morgan fingerprint density at radius 1 is 0.447 bits per heavy atom. The number of primary amides is 1. The van der Waals surface area contributed by atoms with Gasteiger partial charge in [0.1, 0.15) is 11.5 Å². The van der Waals surface area contributed by atoms with Crippen molar-refractivity contribution in [1.82, 2.24) is 6.15 Å². The molecule has 0 fully saturated rings. The van der Waals surface area contributed by atoms with Crippen molar-refractivity contribution in [3.63, 3.8) is 0 Å². The first-order valence-corrected chi connectivity index (χ1v) is 28.4. The number of hydrogen-bond acceptors (Lipinski definition) is 10. The fourth-order valence-electron chi connectivity index (χ4n) is 7.56. The minimum Gasteiger partial charge on any atom is -0.468 e. The van der Waals surface area contributed by atoms with Crippen molar-refractivity contribution in [2.24, 2.45) is 11.5 Å². The van der Waals surface area contributed by atoms with Gasteiger partial charge in [-0.15, -0.1) is 11.8 Å². The predicted molar refractivity (Wildman–Crippen MR) is 316 cm³/mol. The van der Waals surface area contributed by atoms with Crippen LogP contribution < -0.4 is 23.0 Å². The molecule has 0 aliphatic carbocycles. The van der Waals surface area contributed by atoms with E-state index >= 15 is 0 Å². The second kappa shape index (κ2) is 34.2. The van der Waals surface area contributed by atoms with Crippen LogP contribution in [-0.4, -0.2) is 62.9 Å². The summed E-state index contributed by atoms with van der Waals surface area (Å²) in [5, 5.41) is 5.68. The smallest absolute Gasteiger partial charge is 0.318 e. The zero-order valence-electron chi connectivity index (χ0n) is 44.5. The molecule has 396 valence electrons. The lowest BCUT2D eigenvalue weighted by Crippen LogP contribution is -2.43. The van der Waals surface area contributed by atoms with Gasteiger partial charge in [-0.2, -0.15) is 0 Å². The summed E-state index contributed by atoms with van der Waals surface area (Å²) in [6.07, 6.45) is 0. The molecule has 8 aromatic rings. The van der Waals surface area contributed by atoms with Gasteiger partial charge in [-0.05, 0) is 56.3 Å². The fraction of sp³-hybridized carbons (Fsp3) is 0.148. The number of amides is 1. The van der Waals surface area contributed by atoms with E-state index in [1.54, 1.807) is 11.8 Å². The Morgan fingerprint density at radius 2 is 0.697 bits per heavy atom. The van der Waals surface area contributed by atoms with Gasteiger partial charge in [0, 0.05) is 24.6 Å². The predicted octanol–water partition coefficient (Wildman–Crippen LogP) is 10.4. The van der Waals surface area contributed by atoms with E-state index in [4.69, 9.17) is 24.6 Å². The average Bonchev–Trinajstić information content (AvgIpc) is 3.48. The van der Waals surface area contributed by atoms with Crippen molar-refractivity contribution in [3.05, 3.63) is 287 Å². The normalized spacial score (nSPS) is 11.3. The van der Waals surface area contributed by atoms with Crippen LogP contribution >= 0.6 is 23.5 Å². The van der Waals surface area contributed by atoms with E-state index < -0.39 is 33.5 Å². The summed E-state index contributed by atoms with van der Waals surface area (Å²) in [5.41, 5.74) is 19.3. The summed E-state index contributed by atoms with van der Waals surface area (Å²) in [4.78, 5) is 33.7. The van der Waals surface area contributed by atoms with Crippen LogP contribution in [0, 0.1) is 0 Å². The zero-order chi connectivity index (χ0) is 55.6. The van der Waals surface area contributed by atoms with Crippen LogP contribution in [0.5, 0.6) is 0 Å². The third kappa shape index (κ3) is 20.7. The highest BCUT2D eigenvalue weighted by Gasteiger charge is 2.24. The minimum atomic E-state index is -1.36. The van der Waals surface area contributed by atoms with Gasteiger partial charge in [0.2, 0.25) is 5.91 Å². The third-order valence-corrected chi connectivity index (χ3v) is 16.5. The van der Waals surface area contributed by atoms with Crippen LogP contribution in [0.4, 0.5) is 0 Å². The lowest BCUT2D eigenvalue weighted by atomic mass is 10.0. The second-order valence-corrected chi connectivity index (χ2v) is 21.6. The molecule has 0 radical (unpaired) electrons. The molecular formula is C61H67N4O7S4+. The highest BCUT2D eigenvalue weighted by Crippen LogP contribution is 2.36. The maximum Gasteiger partial charge on any atom is 0.318 e. The topological polar surface area (TPSA) is 216 Å². The van der Waals surface area contributed by atoms with Gasteiger partial charge in [0.25, 0.3) is 0 Å². The van der Waals surface area contributed by atoms with Gasteiger partial charge in [-0.1, -0.05) is 243 Å². The molecule has 76 heavy (non-hydrogen) atoms. The third-order valence-electron chi connectivity index (χ3n) is 11.0. The molecular weight excluding hydrogens is 1030 g/mol. The van der Waals surface area contributed by atoms with Gasteiger partial charge in [0.15, 0.2) is 0 Å². The molecule has 15 heteroatoms.